The molecule has 0 spiro atoms. The van der Waals surface area contributed by atoms with Gasteiger partial charge in [0.2, 0.25) is 0 Å². The Kier molecular flexibility index (Phi) is 4.20. The molecular formula is C14H17BrN2S. The second-order valence-electron chi connectivity index (χ2n) is 4.96. The minimum Gasteiger partial charge on any atom is -0.319 e. The van der Waals surface area contributed by atoms with Gasteiger partial charge in [0.25, 0.3) is 0 Å². The lowest BCUT2D eigenvalue weighted by Crippen LogP contribution is -2.30. The van der Waals surface area contributed by atoms with Gasteiger partial charge in [-0.05, 0) is 19.2 Å². The van der Waals surface area contributed by atoms with E-state index in [1.807, 2.05) is 7.05 Å². The molecule has 0 amide bonds. The zero-order valence-electron chi connectivity index (χ0n) is 10.8. The highest BCUT2D eigenvalue weighted by Gasteiger charge is 2.23. The van der Waals surface area contributed by atoms with Crippen LogP contribution in [-0.4, -0.2) is 18.6 Å². The van der Waals surface area contributed by atoms with Crippen LogP contribution >= 0.6 is 27.3 Å². The van der Waals surface area contributed by atoms with Gasteiger partial charge in [-0.1, -0.05) is 41.9 Å². The van der Waals surface area contributed by atoms with Crippen LogP contribution in [-0.2, 0) is 5.41 Å². The minimum absolute atomic E-state index is 0.0683. The first kappa shape index (κ1) is 13.7. The average Bonchev–Trinajstić information content (AvgIpc) is 2.80. The van der Waals surface area contributed by atoms with Gasteiger partial charge in [0.15, 0.2) is 0 Å². The van der Waals surface area contributed by atoms with Crippen LogP contribution in [0.3, 0.4) is 0 Å². The number of nitrogens with one attached hydrogen (secondary N) is 1. The fourth-order valence-electron chi connectivity index (χ4n) is 1.84. The summed E-state index contributed by atoms with van der Waals surface area (Å²) in [6.45, 7) is 5.35. The maximum Gasteiger partial charge on any atom is 0.123 e. The van der Waals surface area contributed by atoms with E-state index in [4.69, 9.17) is 4.98 Å². The number of likely N-dealkylation sites (N-methyl/N-ethyl adjacent to an activating group) is 1. The summed E-state index contributed by atoms with van der Waals surface area (Å²) in [5.74, 6) is 0. The van der Waals surface area contributed by atoms with Crippen LogP contribution in [0.15, 0.2) is 34.1 Å². The molecule has 0 unspecified atom stereocenters. The second-order valence-corrected chi connectivity index (χ2v) is 6.73. The topological polar surface area (TPSA) is 24.9 Å². The van der Waals surface area contributed by atoms with Crippen molar-refractivity contribution in [2.24, 2.45) is 0 Å². The van der Waals surface area contributed by atoms with Gasteiger partial charge < -0.3 is 5.32 Å². The van der Waals surface area contributed by atoms with Gasteiger partial charge in [-0.3, -0.25) is 0 Å². The van der Waals surface area contributed by atoms with Gasteiger partial charge in [0, 0.05) is 27.4 Å². The fourth-order valence-corrected chi connectivity index (χ4v) is 3.12. The van der Waals surface area contributed by atoms with Crippen molar-refractivity contribution in [3.8, 4) is 10.6 Å². The molecule has 0 radical (unpaired) electrons. The summed E-state index contributed by atoms with van der Waals surface area (Å²) in [6.07, 6.45) is 0. The zero-order valence-corrected chi connectivity index (χ0v) is 13.2. The highest BCUT2D eigenvalue weighted by atomic mass is 79.9. The first-order chi connectivity index (χ1) is 8.53. The van der Waals surface area contributed by atoms with Crippen molar-refractivity contribution in [3.63, 3.8) is 0 Å². The van der Waals surface area contributed by atoms with E-state index >= 15 is 0 Å². The van der Waals surface area contributed by atoms with Crippen molar-refractivity contribution in [2.75, 3.05) is 13.6 Å². The Balaban J connectivity index is 2.28. The van der Waals surface area contributed by atoms with Gasteiger partial charge in [0.1, 0.15) is 5.01 Å². The standard InChI is InChI=1S/C14H17BrN2S/c1-14(2,9-16-3)12-8-18-13(17-12)10-4-6-11(15)7-5-10/h4-8,16H,9H2,1-3H3. The number of thiazole rings is 1. The van der Waals surface area contributed by atoms with Crippen molar-refractivity contribution in [3.05, 3.63) is 39.8 Å². The Hall–Kier alpha value is -0.710. The van der Waals surface area contributed by atoms with E-state index in [-0.39, 0.29) is 5.41 Å². The largest absolute Gasteiger partial charge is 0.319 e. The van der Waals surface area contributed by atoms with Gasteiger partial charge >= 0.3 is 0 Å². The predicted octanol–water partition coefficient (Wildman–Crippen LogP) is 4.07. The Labute approximate surface area is 121 Å². The number of aromatic nitrogens is 1. The number of hydrogen-bond donors (Lipinski definition) is 1. The SMILES string of the molecule is CNCC(C)(C)c1csc(-c2ccc(Br)cc2)n1. The molecular weight excluding hydrogens is 308 g/mol. The lowest BCUT2D eigenvalue weighted by Gasteiger charge is -2.21. The highest BCUT2D eigenvalue weighted by Crippen LogP contribution is 2.30. The van der Waals surface area contributed by atoms with Crippen LogP contribution in [0.4, 0.5) is 0 Å². The summed E-state index contributed by atoms with van der Waals surface area (Å²) in [6, 6.07) is 8.29. The monoisotopic (exact) mass is 324 g/mol. The molecule has 0 saturated heterocycles. The molecule has 4 heteroatoms. The van der Waals surface area contributed by atoms with E-state index in [1.54, 1.807) is 11.3 Å². The lowest BCUT2D eigenvalue weighted by atomic mass is 9.90. The molecule has 0 aliphatic rings. The molecule has 1 aromatic heterocycles. The van der Waals surface area contributed by atoms with E-state index < -0.39 is 0 Å². The zero-order chi connectivity index (χ0) is 13.2. The molecule has 1 heterocycles. The Bertz CT molecular complexity index is 517. The van der Waals surface area contributed by atoms with Crippen molar-refractivity contribution >= 4 is 27.3 Å². The van der Waals surface area contributed by atoms with E-state index in [1.165, 1.54) is 5.56 Å². The number of rotatable bonds is 4. The van der Waals surface area contributed by atoms with Crippen LogP contribution in [0, 0.1) is 0 Å². The maximum absolute atomic E-state index is 4.76. The van der Waals surface area contributed by atoms with Crippen molar-refractivity contribution in [2.45, 2.75) is 19.3 Å². The van der Waals surface area contributed by atoms with Crippen LogP contribution in [0.25, 0.3) is 10.6 Å². The molecule has 18 heavy (non-hydrogen) atoms. The molecule has 2 rings (SSSR count). The molecule has 0 fully saturated rings. The maximum atomic E-state index is 4.76. The summed E-state index contributed by atoms with van der Waals surface area (Å²) >= 11 is 5.16. The summed E-state index contributed by atoms with van der Waals surface area (Å²) in [5.41, 5.74) is 2.40. The van der Waals surface area contributed by atoms with Crippen molar-refractivity contribution in [1.29, 1.82) is 0 Å². The number of hydrogen-bond acceptors (Lipinski definition) is 3. The molecule has 0 aliphatic heterocycles. The second kappa shape index (κ2) is 5.51. The predicted molar refractivity (Wildman–Crippen MR) is 82.2 cm³/mol. The molecule has 2 aromatic rings. The molecule has 2 nitrogen and oxygen atoms in total. The molecule has 0 bridgehead atoms. The Morgan fingerprint density at radius 3 is 2.56 bits per heavy atom. The van der Waals surface area contributed by atoms with Crippen LogP contribution < -0.4 is 5.32 Å². The van der Waals surface area contributed by atoms with Gasteiger partial charge in [0.05, 0.1) is 5.69 Å². The summed E-state index contributed by atoms with van der Waals surface area (Å²) in [5, 5.41) is 6.47. The van der Waals surface area contributed by atoms with Crippen molar-refractivity contribution < 1.29 is 0 Å². The van der Waals surface area contributed by atoms with E-state index in [0.717, 1.165) is 21.7 Å². The normalized spacial score (nSPS) is 11.8. The first-order valence-electron chi connectivity index (χ1n) is 5.89. The molecule has 1 N–H and O–H groups in total. The average molecular weight is 325 g/mol. The van der Waals surface area contributed by atoms with E-state index in [2.05, 4.69) is 64.7 Å². The Morgan fingerprint density at radius 1 is 1.28 bits per heavy atom. The summed E-state index contributed by atoms with van der Waals surface area (Å²) < 4.78 is 1.10. The van der Waals surface area contributed by atoms with Gasteiger partial charge in [-0.15, -0.1) is 11.3 Å². The fraction of sp³-hybridized carbons (Fsp3) is 0.357. The van der Waals surface area contributed by atoms with Crippen LogP contribution in [0.1, 0.15) is 19.5 Å². The third kappa shape index (κ3) is 2.99. The quantitative estimate of drug-likeness (QED) is 0.917. The number of benzene rings is 1. The molecule has 96 valence electrons. The molecule has 0 atom stereocenters. The number of halogens is 1. The molecule has 0 saturated carbocycles. The minimum atomic E-state index is 0.0683. The lowest BCUT2D eigenvalue weighted by molar-refractivity contribution is 0.483. The van der Waals surface area contributed by atoms with Crippen LogP contribution in [0.2, 0.25) is 0 Å². The first-order valence-corrected chi connectivity index (χ1v) is 7.57. The van der Waals surface area contributed by atoms with Crippen LogP contribution in [0.5, 0.6) is 0 Å². The Morgan fingerprint density at radius 2 is 1.94 bits per heavy atom. The summed E-state index contributed by atoms with van der Waals surface area (Å²) in [4.78, 5) is 4.76. The third-order valence-electron chi connectivity index (χ3n) is 2.91. The van der Waals surface area contributed by atoms with Gasteiger partial charge in [-0.25, -0.2) is 4.98 Å². The van der Waals surface area contributed by atoms with Crippen molar-refractivity contribution in [1.82, 2.24) is 10.3 Å². The molecule has 1 aromatic carbocycles. The molecule has 0 aliphatic carbocycles. The smallest absolute Gasteiger partial charge is 0.123 e. The third-order valence-corrected chi connectivity index (χ3v) is 4.33. The summed E-state index contributed by atoms with van der Waals surface area (Å²) in [7, 11) is 1.98. The van der Waals surface area contributed by atoms with E-state index in [0.29, 0.717) is 0 Å². The highest BCUT2D eigenvalue weighted by molar-refractivity contribution is 9.10. The number of nitrogens with zero attached hydrogens (tertiary/aromatic N) is 1. The van der Waals surface area contributed by atoms with E-state index in [9.17, 15) is 0 Å². The van der Waals surface area contributed by atoms with Gasteiger partial charge in [-0.2, -0.15) is 0 Å².